The molecule has 7 nitrogen and oxygen atoms in total. The van der Waals surface area contributed by atoms with Gasteiger partial charge in [-0.15, -0.1) is 0 Å². The summed E-state index contributed by atoms with van der Waals surface area (Å²) in [5.41, 5.74) is 1.88. The highest BCUT2D eigenvalue weighted by atomic mass is 32.1. The van der Waals surface area contributed by atoms with Crippen molar-refractivity contribution in [2.75, 3.05) is 18.0 Å². The third kappa shape index (κ3) is 3.90. The molecule has 5 rings (SSSR count). The van der Waals surface area contributed by atoms with E-state index < -0.39 is 0 Å². The SMILES string of the molecule is O=C(c1cccc(N2C(=O)CCC2=O)c1)N1CCC(Oc2nc3ccccc3s2)CC1. The van der Waals surface area contributed by atoms with Crippen molar-refractivity contribution in [2.24, 2.45) is 0 Å². The van der Waals surface area contributed by atoms with Crippen LogP contribution in [-0.4, -0.2) is 46.8 Å². The van der Waals surface area contributed by atoms with E-state index in [1.54, 1.807) is 29.2 Å². The lowest BCUT2D eigenvalue weighted by molar-refractivity contribution is -0.121. The number of para-hydroxylation sites is 1. The van der Waals surface area contributed by atoms with E-state index in [2.05, 4.69) is 4.98 Å². The highest BCUT2D eigenvalue weighted by Gasteiger charge is 2.31. The van der Waals surface area contributed by atoms with Crippen LogP contribution in [0.3, 0.4) is 0 Å². The topological polar surface area (TPSA) is 79.8 Å². The number of aromatic nitrogens is 1. The number of nitrogens with zero attached hydrogens (tertiary/aromatic N) is 3. The fraction of sp³-hybridized carbons (Fsp3) is 0.304. The van der Waals surface area contributed by atoms with E-state index in [1.165, 1.54) is 16.2 Å². The number of hydrogen-bond donors (Lipinski definition) is 0. The van der Waals surface area contributed by atoms with Gasteiger partial charge in [0.05, 0.1) is 15.9 Å². The van der Waals surface area contributed by atoms with Crippen LogP contribution < -0.4 is 9.64 Å². The molecule has 3 amide bonds. The molecule has 3 aromatic rings. The summed E-state index contributed by atoms with van der Waals surface area (Å²) in [4.78, 5) is 44.5. The largest absolute Gasteiger partial charge is 0.467 e. The third-order valence-electron chi connectivity index (χ3n) is 5.67. The number of thiazole rings is 1. The third-order valence-corrected chi connectivity index (χ3v) is 6.60. The first-order valence-corrected chi connectivity index (χ1v) is 11.2. The Bertz CT molecular complexity index is 1120. The van der Waals surface area contributed by atoms with Gasteiger partial charge >= 0.3 is 0 Å². The number of amides is 3. The molecular formula is C23H21N3O4S. The molecule has 31 heavy (non-hydrogen) atoms. The Kier molecular flexibility index (Phi) is 5.15. The van der Waals surface area contributed by atoms with Crippen LogP contribution >= 0.6 is 11.3 Å². The Morgan fingerprint density at radius 3 is 2.48 bits per heavy atom. The lowest BCUT2D eigenvalue weighted by atomic mass is 10.1. The van der Waals surface area contributed by atoms with Gasteiger partial charge in [-0.3, -0.25) is 19.3 Å². The summed E-state index contributed by atoms with van der Waals surface area (Å²) in [7, 11) is 0. The molecule has 0 bridgehead atoms. The standard InChI is InChI=1S/C23H21N3O4S/c27-20-8-9-21(28)26(20)16-5-3-4-15(14-16)22(29)25-12-10-17(11-13-25)30-23-24-18-6-1-2-7-19(18)31-23/h1-7,14,17H,8-13H2. The van der Waals surface area contributed by atoms with Gasteiger partial charge in [-0.25, -0.2) is 4.98 Å². The van der Waals surface area contributed by atoms with E-state index in [1.807, 2.05) is 24.3 Å². The van der Waals surface area contributed by atoms with Gasteiger partial charge in [0.2, 0.25) is 11.8 Å². The average Bonchev–Trinajstić information content (AvgIpc) is 3.35. The minimum atomic E-state index is -0.220. The predicted molar refractivity (Wildman–Crippen MR) is 117 cm³/mol. The van der Waals surface area contributed by atoms with Gasteiger partial charge in [-0.1, -0.05) is 29.5 Å². The number of likely N-dealkylation sites (tertiary alicyclic amines) is 1. The molecule has 1 aromatic heterocycles. The number of fused-ring (bicyclic) bond motifs is 1. The van der Waals surface area contributed by atoms with Gasteiger partial charge < -0.3 is 9.64 Å². The molecule has 0 saturated carbocycles. The maximum absolute atomic E-state index is 13.0. The molecule has 2 aromatic carbocycles. The molecule has 0 atom stereocenters. The van der Waals surface area contributed by atoms with Crippen LogP contribution in [-0.2, 0) is 9.59 Å². The normalized spacial score (nSPS) is 17.5. The summed E-state index contributed by atoms with van der Waals surface area (Å²) >= 11 is 1.54. The van der Waals surface area contributed by atoms with Gasteiger partial charge in [-0.2, -0.15) is 0 Å². The van der Waals surface area contributed by atoms with Crippen LogP contribution in [0.2, 0.25) is 0 Å². The Morgan fingerprint density at radius 2 is 1.74 bits per heavy atom. The van der Waals surface area contributed by atoms with Crippen LogP contribution in [0.25, 0.3) is 10.2 Å². The second-order valence-electron chi connectivity index (χ2n) is 7.73. The van der Waals surface area contributed by atoms with E-state index in [9.17, 15) is 14.4 Å². The summed E-state index contributed by atoms with van der Waals surface area (Å²) in [6.07, 6.45) is 1.92. The zero-order valence-electron chi connectivity index (χ0n) is 16.8. The Morgan fingerprint density at radius 1 is 1.00 bits per heavy atom. The van der Waals surface area contributed by atoms with Crippen molar-refractivity contribution in [3.8, 4) is 5.19 Å². The van der Waals surface area contributed by atoms with Crippen molar-refractivity contribution in [3.63, 3.8) is 0 Å². The highest BCUT2D eigenvalue weighted by Crippen LogP contribution is 2.30. The van der Waals surface area contributed by atoms with Crippen molar-refractivity contribution in [1.29, 1.82) is 0 Å². The summed E-state index contributed by atoms with van der Waals surface area (Å²) < 4.78 is 7.17. The van der Waals surface area contributed by atoms with E-state index in [-0.39, 0.29) is 36.7 Å². The zero-order chi connectivity index (χ0) is 21.4. The highest BCUT2D eigenvalue weighted by molar-refractivity contribution is 7.20. The van der Waals surface area contributed by atoms with Gasteiger partial charge in [0, 0.05) is 44.3 Å². The first kappa shape index (κ1) is 19.7. The van der Waals surface area contributed by atoms with Crippen molar-refractivity contribution < 1.29 is 19.1 Å². The van der Waals surface area contributed by atoms with Crippen LogP contribution in [0.4, 0.5) is 5.69 Å². The second kappa shape index (κ2) is 8.11. The predicted octanol–water partition coefficient (Wildman–Crippen LogP) is 3.63. The quantitative estimate of drug-likeness (QED) is 0.585. The molecule has 3 heterocycles. The van der Waals surface area contributed by atoms with Gasteiger partial charge in [-0.05, 0) is 30.3 Å². The van der Waals surface area contributed by atoms with Crippen LogP contribution in [0.15, 0.2) is 48.5 Å². The minimum Gasteiger partial charge on any atom is -0.467 e. The summed E-state index contributed by atoms with van der Waals surface area (Å²) in [6.45, 7) is 1.17. The maximum Gasteiger partial charge on any atom is 0.274 e. The fourth-order valence-corrected chi connectivity index (χ4v) is 4.93. The van der Waals surface area contributed by atoms with E-state index >= 15 is 0 Å². The number of benzene rings is 2. The number of ether oxygens (including phenoxy) is 1. The van der Waals surface area contributed by atoms with Crippen molar-refractivity contribution in [3.05, 3.63) is 54.1 Å². The van der Waals surface area contributed by atoms with Crippen LogP contribution in [0, 0.1) is 0 Å². The summed E-state index contributed by atoms with van der Waals surface area (Å²) in [5, 5.41) is 0.665. The van der Waals surface area contributed by atoms with Gasteiger partial charge in [0.1, 0.15) is 6.10 Å². The average molecular weight is 436 g/mol. The molecule has 2 aliphatic rings. The van der Waals surface area contributed by atoms with Gasteiger partial charge in [0.15, 0.2) is 0 Å². The Labute approximate surface area is 183 Å². The molecule has 0 aliphatic carbocycles. The summed E-state index contributed by atoms with van der Waals surface area (Å²) in [5.74, 6) is -0.538. The molecular weight excluding hydrogens is 414 g/mol. The number of piperidine rings is 1. The van der Waals surface area contributed by atoms with Crippen molar-refractivity contribution >= 4 is 45.0 Å². The Hall–Kier alpha value is -3.26. The van der Waals surface area contributed by atoms with Crippen molar-refractivity contribution in [2.45, 2.75) is 31.8 Å². The first-order chi connectivity index (χ1) is 15.1. The molecule has 2 saturated heterocycles. The molecule has 158 valence electrons. The number of anilines is 1. The maximum atomic E-state index is 13.0. The van der Waals surface area contributed by atoms with E-state index in [4.69, 9.17) is 4.74 Å². The molecule has 2 aliphatic heterocycles. The zero-order valence-corrected chi connectivity index (χ0v) is 17.6. The molecule has 0 N–H and O–H groups in total. The van der Waals surface area contributed by atoms with Gasteiger partial charge in [0.25, 0.3) is 11.1 Å². The molecule has 0 radical (unpaired) electrons. The Balaban J connectivity index is 1.22. The smallest absolute Gasteiger partial charge is 0.274 e. The first-order valence-electron chi connectivity index (χ1n) is 10.4. The molecule has 8 heteroatoms. The number of carbonyl (C=O) groups is 3. The lowest BCUT2D eigenvalue weighted by Gasteiger charge is -2.31. The van der Waals surface area contributed by atoms with Crippen LogP contribution in [0.5, 0.6) is 5.19 Å². The number of imide groups is 1. The van der Waals surface area contributed by atoms with Crippen LogP contribution in [0.1, 0.15) is 36.0 Å². The second-order valence-corrected chi connectivity index (χ2v) is 8.72. The van der Waals surface area contributed by atoms with Crippen molar-refractivity contribution in [1.82, 2.24) is 9.88 Å². The molecule has 2 fully saturated rings. The lowest BCUT2D eigenvalue weighted by Crippen LogP contribution is -2.41. The number of hydrogen-bond acceptors (Lipinski definition) is 6. The molecule has 0 unspecified atom stereocenters. The monoisotopic (exact) mass is 435 g/mol. The molecule has 0 spiro atoms. The number of carbonyl (C=O) groups excluding carboxylic acids is 3. The van der Waals surface area contributed by atoms with E-state index in [0.29, 0.717) is 29.5 Å². The fourth-order valence-electron chi connectivity index (χ4n) is 4.05. The summed E-state index contributed by atoms with van der Waals surface area (Å²) in [6, 6.07) is 14.7. The van der Waals surface area contributed by atoms with E-state index in [0.717, 1.165) is 23.1 Å². The number of rotatable bonds is 4. The minimum absolute atomic E-state index is 0.0239.